The quantitative estimate of drug-likeness (QED) is 0.855. The summed E-state index contributed by atoms with van der Waals surface area (Å²) >= 11 is 0. The Hall–Kier alpha value is -1.20. The molecule has 0 radical (unpaired) electrons. The predicted octanol–water partition coefficient (Wildman–Crippen LogP) is 2.20. The Labute approximate surface area is 139 Å². The van der Waals surface area contributed by atoms with Crippen LogP contribution in [-0.2, 0) is 4.74 Å². The van der Waals surface area contributed by atoms with Gasteiger partial charge in [-0.25, -0.2) is 9.97 Å². The summed E-state index contributed by atoms with van der Waals surface area (Å²) in [6.07, 6.45) is 10.3. The zero-order valence-corrected chi connectivity index (χ0v) is 14.0. The molecule has 3 aliphatic rings. The van der Waals surface area contributed by atoms with Crippen LogP contribution in [0.2, 0.25) is 0 Å². The third-order valence-corrected chi connectivity index (χ3v) is 6.12. The Morgan fingerprint density at radius 2 is 1.74 bits per heavy atom. The average molecular weight is 316 g/mol. The summed E-state index contributed by atoms with van der Waals surface area (Å²) in [7, 11) is 0. The van der Waals surface area contributed by atoms with Crippen molar-refractivity contribution in [2.75, 3.05) is 50.8 Å². The van der Waals surface area contributed by atoms with Gasteiger partial charge in [0.1, 0.15) is 0 Å². The van der Waals surface area contributed by atoms with Crippen LogP contribution in [0.4, 0.5) is 5.95 Å². The molecule has 5 heteroatoms. The monoisotopic (exact) mass is 316 g/mol. The lowest BCUT2D eigenvalue weighted by molar-refractivity contribution is 0.0681. The van der Waals surface area contributed by atoms with Crippen molar-refractivity contribution in [3.63, 3.8) is 0 Å². The molecule has 1 aromatic heterocycles. The van der Waals surface area contributed by atoms with Crippen LogP contribution in [0, 0.1) is 11.3 Å². The molecular formula is C18H28N4O. The molecule has 0 aliphatic carbocycles. The summed E-state index contributed by atoms with van der Waals surface area (Å²) in [5.74, 6) is 1.68. The van der Waals surface area contributed by atoms with E-state index in [2.05, 4.69) is 19.8 Å². The van der Waals surface area contributed by atoms with E-state index < -0.39 is 0 Å². The van der Waals surface area contributed by atoms with E-state index in [9.17, 15) is 0 Å². The molecule has 1 atom stereocenters. The van der Waals surface area contributed by atoms with Crippen molar-refractivity contribution in [3.05, 3.63) is 18.5 Å². The number of nitrogens with zero attached hydrogens (tertiary/aromatic N) is 4. The molecule has 5 nitrogen and oxygen atoms in total. The first-order chi connectivity index (χ1) is 11.3. The van der Waals surface area contributed by atoms with Crippen molar-refractivity contribution >= 4 is 5.95 Å². The van der Waals surface area contributed by atoms with Gasteiger partial charge in [-0.1, -0.05) is 0 Å². The number of aromatic nitrogens is 2. The molecule has 0 bridgehead atoms. The van der Waals surface area contributed by atoms with Crippen LogP contribution in [-0.4, -0.2) is 60.8 Å². The van der Waals surface area contributed by atoms with Crippen molar-refractivity contribution in [2.45, 2.75) is 32.1 Å². The molecule has 1 spiro atoms. The van der Waals surface area contributed by atoms with Crippen LogP contribution < -0.4 is 4.90 Å². The maximum Gasteiger partial charge on any atom is 0.225 e. The van der Waals surface area contributed by atoms with Gasteiger partial charge in [-0.15, -0.1) is 0 Å². The van der Waals surface area contributed by atoms with Gasteiger partial charge in [0.25, 0.3) is 0 Å². The number of likely N-dealkylation sites (tertiary alicyclic amines) is 1. The first-order valence-electron chi connectivity index (χ1n) is 9.15. The van der Waals surface area contributed by atoms with Gasteiger partial charge in [-0.2, -0.15) is 0 Å². The van der Waals surface area contributed by atoms with Crippen LogP contribution in [0.15, 0.2) is 18.5 Å². The van der Waals surface area contributed by atoms with Crippen molar-refractivity contribution in [2.24, 2.45) is 11.3 Å². The minimum atomic E-state index is 0.577. The molecule has 0 N–H and O–H groups in total. The number of piperidine rings is 2. The molecule has 0 unspecified atom stereocenters. The third kappa shape index (κ3) is 3.50. The molecule has 3 aliphatic heterocycles. The van der Waals surface area contributed by atoms with Crippen LogP contribution in [0.25, 0.3) is 0 Å². The van der Waals surface area contributed by atoms with Gasteiger partial charge in [0.05, 0.1) is 6.61 Å². The van der Waals surface area contributed by atoms with Crippen LogP contribution in [0.3, 0.4) is 0 Å². The van der Waals surface area contributed by atoms with Crippen LogP contribution >= 0.6 is 0 Å². The zero-order valence-electron chi connectivity index (χ0n) is 14.0. The average Bonchev–Trinajstić information content (AvgIpc) is 3.12. The van der Waals surface area contributed by atoms with E-state index in [1.807, 2.05) is 18.5 Å². The smallest absolute Gasteiger partial charge is 0.225 e. The summed E-state index contributed by atoms with van der Waals surface area (Å²) < 4.78 is 5.52. The molecule has 3 saturated heterocycles. The number of hydrogen-bond donors (Lipinski definition) is 0. The summed E-state index contributed by atoms with van der Waals surface area (Å²) in [5.41, 5.74) is 0.577. The van der Waals surface area contributed by atoms with E-state index in [-0.39, 0.29) is 0 Å². The van der Waals surface area contributed by atoms with E-state index >= 15 is 0 Å². The van der Waals surface area contributed by atoms with E-state index in [4.69, 9.17) is 4.74 Å². The van der Waals surface area contributed by atoms with Gasteiger partial charge in [-0.05, 0) is 62.6 Å². The highest BCUT2D eigenvalue weighted by Gasteiger charge is 2.38. The fraction of sp³-hybridized carbons (Fsp3) is 0.778. The summed E-state index contributed by atoms with van der Waals surface area (Å²) in [5, 5.41) is 0. The van der Waals surface area contributed by atoms with Crippen molar-refractivity contribution < 1.29 is 4.74 Å². The highest BCUT2D eigenvalue weighted by molar-refractivity contribution is 5.29. The van der Waals surface area contributed by atoms with E-state index in [1.54, 1.807) is 0 Å². The Balaban J connectivity index is 1.27. The summed E-state index contributed by atoms with van der Waals surface area (Å²) in [6.45, 7) is 7.98. The largest absolute Gasteiger partial charge is 0.381 e. The number of anilines is 1. The first-order valence-corrected chi connectivity index (χ1v) is 9.15. The lowest BCUT2D eigenvalue weighted by Crippen LogP contribution is -2.48. The Kier molecular flexibility index (Phi) is 4.49. The molecule has 126 valence electrons. The molecule has 0 saturated carbocycles. The van der Waals surface area contributed by atoms with Gasteiger partial charge in [-0.3, -0.25) is 0 Å². The molecule has 4 rings (SSSR count). The second-order valence-corrected chi connectivity index (χ2v) is 7.57. The van der Waals surface area contributed by atoms with Gasteiger partial charge in [0.15, 0.2) is 0 Å². The van der Waals surface area contributed by atoms with E-state index in [0.29, 0.717) is 5.41 Å². The highest BCUT2D eigenvalue weighted by Crippen LogP contribution is 2.41. The number of rotatable bonds is 3. The second-order valence-electron chi connectivity index (χ2n) is 7.57. The van der Waals surface area contributed by atoms with E-state index in [0.717, 1.165) is 38.2 Å². The van der Waals surface area contributed by atoms with Crippen molar-refractivity contribution in [1.29, 1.82) is 0 Å². The van der Waals surface area contributed by atoms with Crippen LogP contribution in [0.1, 0.15) is 32.1 Å². The van der Waals surface area contributed by atoms with Gasteiger partial charge < -0.3 is 14.5 Å². The minimum absolute atomic E-state index is 0.577. The van der Waals surface area contributed by atoms with Gasteiger partial charge >= 0.3 is 0 Å². The maximum atomic E-state index is 5.52. The molecule has 23 heavy (non-hydrogen) atoms. The molecule has 4 heterocycles. The lowest BCUT2D eigenvalue weighted by atomic mass is 9.71. The Morgan fingerprint density at radius 3 is 2.39 bits per heavy atom. The first kappa shape index (κ1) is 15.3. The molecular weight excluding hydrogens is 288 g/mol. The fourth-order valence-electron chi connectivity index (χ4n) is 4.44. The molecule has 1 aromatic rings. The van der Waals surface area contributed by atoms with Gasteiger partial charge in [0.2, 0.25) is 5.95 Å². The lowest BCUT2D eigenvalue weighted by Gasteiger charge is -2.47. The van der Waals surface area contributed by atoms with E-state index in [1.165, 1.54) is 51.7 Å². The standard InChI is InChI=1S/C18H28N4O/c1-7-19-17(20-8-1)22-11-5-18(6-12-22)3-9-21(10-4-18)14-16-2-13-23-15-16/h1,7-8,16H,2-6,9-15H2/t16-/m1/s1. The SMILES string of the molecule is c1cnc(N2CCC3(CCN(C[C@H]4CCOC4)CC3)CC2)nc1. The maximum absolute atomic E-state index is 5.52. The minimum Gasteiger partial charge on any atom is -0.381 e. The van der Waals surface area contributed by atoms with Crippen molar-refractivity contribution in [1.82, 2.24) is 14.9 Å². The normalized spacial score (nSPS) is 28.3. The Bertz CT molecular complexity index is 485. The summed E-state index contributed by atoms with van der Waals surface area (Å²) in [4.78, 5) is 13.8. The molecule has 0 amide bonds. The zero-order chi connectivity index (χ0) is 15.5. The predicted molar refractivity (Wildman–Crippen MR) is 90.5 cm³/mol. The number of ether oxygens (including phenoxy) is 1. The fourth-order valence-corrected chi connectivity index (χ4v) is 4.44. The number of hydrogen-bond acceptors (Lipinski definition) is 5. The van der Waals surface area contributed by atoms with Gasteiger partial charge in [0, 0.05) is 38.6 Å². The summed E-state index contributed by atoms with van der Waals surface area (Å²) in [6, 6.07) is 1.89. The molecule has 3 fully saturated rings. The highest BCUT2D eigenvalue weighted by atomic mass is 16.5. The second kappa shape index (κ2) is 6.73. The third-order valence-electron chi connectivity index (χ3n) is 6.12. The molecule has 0 aromatic carbocycles. The van der Waals surface area contributed by atoms with Crippen LogP contribution in [0.5, 0.6) is 0 Å². The topological polar surface area (TPSA) is 41.5 Å². The van der Waals surface area contributed by atoms with Crippen molar-refractivity contribution in [3.8, 4) is 0 Å². The Morgan fingerprint density at radius 1 is 1.04 bits per heavy atom.